The summed E-state index contributed by atoms with van der Waals surface area (Å²) in [4.78, 5) is 11.8. The van der Waals surface area contributed by atoms with Crippen LogP contribution in [0.2, 0.25) is 0 Å². The van der Waals surface area contributed by atoms with Crippen LogP contribution < -0.4 is 10.6 Å². The topological polar surface area (TPSA) is 74.5 Å². The summed E-state index contributed by atoms with van der Waals surface area (Å²) in [5, 5.41) is 18.0. The maximum atomic E-state index is 13.7. The standard InChI is InChI=1S/C32H36F2N2O3/c1-20(37)36-28(13-21-11-26(33)16-27(34)12-21)29(38)19-35-18-25-14-23(9-10-24(25)17-32(2,3)4)31-15-22-7-5-6-8-30(22)39-31/h5-12,14-16,28-29,35,38H,13,17-19H2,1-4H3,(H,36,37). The molecule has 1 heterocycles. The second kappa shape index (κ2) is 12.1. The number of carbonyl (C=O) groups excluding carboxylic acids is 1. The van der Waals surface area contributed by atoms with Crippen LogP contribution >= 0.6 is 0 Å². The smallest absolute Gasteiger partial charge is 0.217 e. The van der Waals surface area contributed by atoms with E-state index in [4.69, 9.17) is 4.42 Å². The number of amides is 1. The monoisotopic (exact) mass is 534 g/mol. The maximum Gasteiger partial charge on any atom is 0.217 e. The number of aliphatic hydroxyl groups is 1. The number of hydrogen-bond acceptors (Lipinski definition) is 4. The van der Waals surface area contributed by atoms with Crippen LogP contribution in [0.1, 0.15) is 44.4 Å². The van der Waals surface area contributed by atoms with Crippen molar-refractivity contribution >= 4 is 16.9 Å². The van der Waals surface area contributed by atoms with Crippen molar-refractivity contribution in [2.75, 3.05) is 6.54 Å². The molecule has 1 aromatic heterocycles. The number of halogens is 2. The van der Waals surface area contributed by atoms with Gasteiger partial charge in [-0.05, 0) is 65.3 Å². The van der Waals surface area contributed by atoms with Crippen molar-refractivity contribution < 1.29 is 23.1 Å². The Morgan fingerprint density at radius 3 is 2.36 bits per heavy atom. The van der Waals surface area contributed by atoms with E-state index in [2.05, 4.69) is 49.6 Å². The molecule has 0 aliphatic carbocycles. The van der Waals surface area contributed by atoms with E-state index in [-0.39, 0.29) is 24.3 Å². The van der Waals surface area contributed by atoms with E-state index in [1.807, 2.05) is 30.3 Å². The number of hydrogen-bond donors (Lipinski definition) is 3. The number of fused-ring (bicyclic) bond motifs is 1. The van der Waals surface area contributed by atoms with Crippen LogP contribution in [0.25, 0.3) is 22.3 Å². The number of nitrogens with one attached hydrogen (secondary N) is 2. The van der Waals surface area contributed by atoms with Gasteiger partial charge in [0.05, 0.1) is 12.1 Å². The molecule has 1 amide bonds. The van der Waals surface area contributed by atoms with Gasteiger partial charge in [-0.3, -0.25) is 4.79 Å². The van der Waals surface area contributed by atoms with Crippen LogP contribution in [0.15, 0.2) is 71.1 Å². The molecule has 3 N–H and O–H groups in total. The van der Waals surface area contributed by atoms with E-state index >= 15 is 0 Å². The van der Waals surface area contributed by atoms with E-state index in [0.717, 1.165) is 40.3 Å². The molecule has 0 radical (unpaired) electrons. The van der Waals surface area contributed by atoms with Gasteiger partial charge in [0.25, 0.3) is 0 Å². The van der Waals surface area contributed by atoms with E-state index in [1.54, 1.807) is 0 Å². The van der Waals surface area contributed by atoms with Crippen molar-refractivity contribution in [3.05, 3.63) is 95.1 Å². The Labute approximate surface area is 228 Å². The minimum atomic E-state index is -0.982. The van der Waals surface area contributed by atoms with Crippen LogP contribution in [0, 0.1) is 17.0 Å². The Morgan fingerprint density at radius 2 is 1.69 bits per heavy atom. The third-order valence-electron chi connectivity index (χ3n) is 6.54. The van der Waals surface area contributed by atoms with Crippen LogP contribution in [0.5, 0.6) is 0 Å². The minimum Gasteiger partial charge on any atom is -0.456 e. The lowest BCUT2D eigenvalue weighted by molar-refractivity contribution is -0.120. The molecule has 4 rings (SSSR count). The fourth-order valence-electron chi connectivity index (χ4n) is 4.84. The molecule has 5 nitrogen and oxygen atoms in total. The van der Waals surface area contributed by atoms with Gasteiger partial charge in [-0.25, -0.2) is 8.78 Å². The lowest BCUT2D eigenvalue weighted by Gasteiger charge is -2.25. The zero-order valence-electron chi connectivity index (χ0n) is 22.9. The van der Waals surface area contributed by atoms with Gasteiger partial charge >= 0.3 is 0 Å². The molecule has 0 saturated heterocycles. The highest BCUT2D eigenvalue weighted by Gasteiger charge is 2.22. The molecule has 4 aromatic rings. The molecule has 0 bridgehead atoms. The van der Waals surface area contributed by atoms with E-state index in [9.17, 15) is 18.7 Å². The predicted octanol–water partition coefficient (Wildman–Crippen LogP) is 6.16. The Balaban J connectivity index is 1.51. The van der Waals surface area contributed by atoms with Gasteiger partial charge in [-0.1, -0.05) is 51.1 Å². The summed E-state index contributed by atoms with van der Waals surface area (Å²) in [5.41, 5.74) is 4.50. The van der Waals surface area contributed by atoms with Gasteiger partial charge in [0.2, 0.25) is 5.91 Å². The Bertz CT molecular complexity index is 1390. The van der Waals surface area contributed by atoms with Crippen molar-refractivity contribution in [2.24, 2.45) is 5.41 Å². The molecule has 0 saturated carbocycles. The van der Waals surface area contributed by atoms with E-state index in [0.29, 0.717) is 12.1 Å². The average molecular weight is 535 g/mol. The fraction of sp³-hybridized carbons (Fsp3) is 0.344. The Kier molecular flexibility index (Phi) is 8.83. The van der Waals surface area contributed by atoms with Crippen molar-refractivity contribution in [2.45, 2.75) is 59.2 Å². The Hall–Kier alpha value is -3.55. The van der Waals surface area contributed by atoms with Crippen molar-refractivity contribution in [1.29, 1.82) is 0 Å². The summed E-state index contributed by atoms with van der Waals surface area (Å²) >= 11 is 0. The molecular weight excluding hydrogens is 498 g/mol. The number of para-hydroxylation sites is 1. The average Bonchev–Trinajstić information content (AvgIpc) is 3.27. The van der Waals surface area contributed by atoms with Gasteiger partial charge < -0.3 is 20.2 Å². The summed E-state index contributed by atoms with van der Waals surface area (Å²) in [5.74, 6) is -0.945. The molecule has 7 heteroatoms. The van der Waals surface area contributed by atoms with Gasteiger partial charge in [-0.15, -0.1) is 0 Å². The summed E-state index contributed by atoms with van der Waals surface area (Å²) in [6, 6.07) is 18.7. The maximum absolute atomic E-state index is 13.7. The molecule has 2 unspecified atom stereocenters. The first kappa shape index (κ1) is 28.5. The molecule has 0 fully saturated rings. The van der Waals surface area contributed by atoms with Crippen molar-refractivity contribution in [3.63, 3.8) is 0 Å². The van der Waals surface area contributed by atoms with Gasteiger partial charge in [-0.2, -0.15) is 0 Å². The number of benzene rings is 3. The van der Waals surface area contributed by atoms with Crippen molar-refractivity contribution in [1.82, 2.24) is 10.6 Å². The molecule has 0 aliphatic heterocycles. The second-order valence-corrected chi connectivity index (χ2v) is 11.4. The third kappa shape index (κ3) is 7.97. The first-order chi connectivity index (χ1) is 18.5. The first-order valence-electron chi connectivity index (χ1n) is 13.2. The molecule has 206 valence electrons. The largest absolute Gasteiger partial charge is 0.456 e. The molecule has 39 heavy (non-hydrogen) atoms. The Morgan fingerprint density at radius 1 is 0.974 bits per heavy atom. The van der Waals surface area contributed by atoms with Crippen molar-refractivity contribution in [3.8, 4) is 11.3 Å². The highest BCUT2D eigenvalue weighted by Crippen LogP contribution is 2.31. The highest BCUT2D eigenvalue weighted by atomic mass is 19.1. The first-order valence-corrected chi connectivity index (χ1v) is 13.2. The summed E-state index contributed by atoms with van der Waals surface area (Å²) < 4.78 is 33.5. The number of aliphatic hydroxyl groups excluding tert-OH is 1. The highest BCUT2D eigenvalue weighted by molar-refractivity contribution is 5.82. The molecule has 3 aromatic carbocycles. The quantitative estimate of drug-likeness (QED) is 0.228. The zero-order valence-corrected chi connectivity index (χ0v) is 22.9. The SMILES string of the molecule is CC(=O)NC(Cc1cc(F)cc(F)c1)C(O)CNCc1cc(-c2cc3ccccc3o2)ccc1CC(C)(C)C. The number of furan rings is 1. The summed E-state index contributed by atoms with van der Waals surface area (Å²) in [6.45, 7) is 8.57. The molecule has 0 spiro atoms. The second-order valence-electron chi connectivity index (χ2n) is 11.4. The molecular formula is C32H36F2N2O3. The predicted molar refractivity (Wildman–Crippen MR) is 150 cm³/mol. The lowest BCUT2D eigenvalue weighted by Crippen LogP contribution is -2.48. The fourth-order valence-corrected chi connectivity index (χ4v) is 4.84. The molecule has 0 aliphatic rings. The third-order valence-corrected chi connectivity index (χ3v) is 6.54. The van der Waals surface area contributed by atoms with E-state index < -0.39 is 23.8 Å². The lowest BCUT2D eigenvalue weighted by atomic mass is 9.85. The van der Waals surface area contributed by atoms with Crippen LogP contribution in [0.3, 0.4) is 0 Å². The zero-order chi connectivity index (χ0) is 28.2. The van der Waals surface area contributed by atoms with Gasteiger partial charge in [0.15, 0.2) is 0 Å². The number of carbonyl (C=O) groups is 1. The van der Waals surface area contributed by atoms with Gasteiger partial charge in [0.1, 0.15) is 23.0 Å². The normalized spacial score (nSPS) is 13.4. The summed E-state index contributed by atoms with van der Waals surface area (Å²) in [7, 11) is 0. The van der Waals surface area contributed by atoms with Crippen LogP contribution in [0.4, 0.5) is 8.78 Å². The van der Waals surface area contributed by atoms with Gasteiger partial charge in [0, 0.05) is 37.0 Å². The van der Waals surface area contributed by atoms with Crippen LogP contribution in [-0.4, -0.2) is 29.7 Å². The minimum absolute atomic E-state index is 0.0753. The number of rotatable bonds is 10. The summed E-state index contributed by atoms with van der Waals surface area (Å²) in [6.07, 6.45) is -0.0227. The van der Waals surface area contributed by atoms with E-state index in [1.165, 1.54) is 24.6 Å². The van der Waals surface area contributed by atoms with Crippen LogP contribution in [-0.2, 0) is 24.2 Å². The molecule has 2 atom stereocenters.